The van der Waals surface area contributed by atoms with E-state index >= 15 is 0 Å². The van der Waals surface area contributed by atoms with E-state index in [9.17, 15) is 9.59 Å². The third kappa shape index (κ3) is 4.33. The number of rotatable bonds is 7. The Morgan fingerprint density at radius 2 is 2.07 bits per heavy atom. The summed E-state index contributed by atoms with van der Waals surface area (Å²) in [5.74, 6) is 1.51. The average molecular weight is 371 g/mol. The molecule has 0 bridgehead atoms. The van der Waals surface area contributed by atoms with E-state index in [4.69, 9.17) is 13.7 Å². The molecular formula is C19H21N3O5. The quantitative estimate of drug-likeness (QED) is 0.634. The summed E-state index contributed by atoms with van der Waals surface area (Å²) in [5, 5.41) is 7.31. The van der Waals surface area contributed by atoms with Crippen LogP contribution < -0.4 is 15.7 Å². The zero-order valence-electron chi connectivity index (χ0n) is 15.5. The third-order valence-corrected chi connectivity index (χ3v) is 4.33. The number of fused-ring (bicyclic) bond motifs is 1. The van der Waals surface area contributed by atoms with Gasteiger partial charge in [-0.3, -0.25) is 4.79 Å². The molecule has 3 rings (SSSR count). The molecule has 27 heavy (non-hydrogen) atoms. The molecule has 3 aromatic rings. The van der Waals surface area contributed by atoms with Gasteiger partial charge in [-0.2, -0.15) is 4.98 Å². The minimum absolute atomic E-state index is 0.153. The Labute approximate surface area is 155 Å². The van der Waals surface area contributed by atoms with Gasteiger partial charge in [-0.05, 0) is 38.0 Å². The van der Waals surface area contributed by atoms with Crippen LogP contribution in [0.25, 0.3) is 11.0 Å². The average Bonchev–Trinajstić information content (AvgIpc) is 3.06. The topological polar surface area (TPSA) is 107 Å². The molecule has 0 fully saturated rings. The SMILES string of the molecule is COc1ccc2c(C)c(CCC(=O)NCCc3nc(C)no3)c(=O)oc2c1. The number of amides is 1. The minimum atomic E-state index is -0.428. The summed E-state index contributed by atoms with van der Waals surface area (Å²) in [6.07, 6.45) is 0.962. The minimum Gasteiger partial charge on any atom is -0.497 e. The van der Waals surface area contributed by atoms with Gasteiger partial charge in [0.2, 0.25) is 11.8 Å². The monoisotopic (exact) mass is 371 g/mol. The highest BCUT2D eigenvalue weighted by Crippen LogP contribution is 2.24. The predicted octanol–water partition coefficient (Wildman–Crippen LogP) is 2.09. The second kappa shape index (κ2) is 8.03. The van der Waals surface area contributed by atoms with Gasteiger partial charge in [0.15, 0.2) is 5.82 Å². The Balaban J connectivity index is 1.62. The number of benzene rings is 1. The third-order valence-electron chi connectivity index (χ3n) is 4.33. The van der Waals surface area contributed by atoms with Crippen LogP contribution in [0.2, 0.25) is 0 Å². The van der Waals surface area contributed by atoms with Crippen molar-refractivity contribution in [2.24, 2.45) is 0 Å². The largest absolute Gasteiger partial charge is 0.497 e. The van der Waals surface area contributed by atoms with Crippen molar-refractivity contribution >= 4 is 16.9 Å². The lowest BCUT2D eigenvalue weighted by Crippen LogP contribution is -2.26. The van der Waals surface area contributed by atoms with Crippen molar-refractivity contribution in [2.75, 3.05) is 13.7 Å². The number of carbonyl (C=O) groups is 1. The van der Waals surface area contributed by atoms with Crippen molar-refractivity contribution in [3.05, 3.63) is 51.5 Å². The van der Waals surface area contributed by atoms with Crippen molar-refractivity contribution in [2.45, 2.75) is 33.1 Å². The maximum atomic E-state index is 12.3. The van der Waals surface area contributed by atoms with Crippen molar-refractivity contribution in [1.82, 2.24) is 15.5 Å². The van der Waals surface area contributed by atoms with Gasteiger partial charge in [0.05, 0.1) is 7.11 Å². The number of carbonyl (C=O) groups excluding carboxylic acids is 1. The van der Waals surface area contributed by atoms with Gasteiger partial charge in [-0.1, -0.05) is 5.16 Å². The zero-order chi connectivity index (χ0) is 19.4. The van der Waals surface area contributed by atoms with E-state index in [0.29, 0.717) is 48.0 Å². The van der Waals surface area contributed by atoms with Gasteiger partial charge >= 0.3 is 5.63 Å². The molecule has 1 aromatic carbocycles. The van der Waals surface area contributed by atoms with Gasteiger partial charge in [0.25, 0.3) is 0 Å². The molecule has 1 amide bonds. The summed E-state index contributed by atoms with van der Waals surface area (Å²) >= 11 is 0. The van der Waals surface area contributed by atoms with Crippen molar-refractivity contribution in [3.8, 4) is 5.75 Å². The fraction of sp³-hybridized carbons (Fsp3) is 0.368. The van der Waals surface area contributed by atoms with E-state index in [1.54, 1.807) is 20.1 Å². The van der Waals surface area contributed by atoms with E-state index in [1.807, 2.05) is 19.1 Å². The van der Waals surface area contributed by atoms with Crippen LogP contribution in [0.1, 0.15) is 29.3 Å². The van der Waals surface area contributed by atoms with Crippen LogP contribution in [-0.4, -0.2) is 29.7 Å². The molecule has 0 aliphatic heterocycles. The Bertz CT molecular complexity index is 1020. The Hall–Kier alpha value is -3.16. The lowest BCUT2D eigenvalue weighted by atomic mass is 10.0. The van der Waals surface area contributed by atoms with Gasteiger partial charge < -0.3 is 19.0 Å². The van der Waals surface area contributed by atoms with E-state index in [-0.39, 0.29) is 12.3 Å². The van der Waals surface area contributed by atoms with E-state index in [2.05, 4.69) is 15.5 Å². The van der Waals surface area contributed by atoms with Gasteiger partial charge in [0, 0.05) is 36.4 Å². The molecule has 8 nitrogen and oxygen atoms in total. The van der Waals surface area contributed by atoms with Gasteiger partial charge in [0.1, 0.15) is 11.3 Å². The normalized spacial score (nSPS) is 10.9. The fourth-order valence-corrected chi connectivity index (χ4v) is 2.87. The number of aryl methyl sites for hydroxylation is 2. The highest BCUT2D eigenvalue weighted by molar-refractivity contribution is 5.82. The van der Waals surface area contributed by atoms with Gasteiger partial charge in [-0.25, -0.2) is 4.79 Å². The van der Waals surface area contributed by atoms with Crippen LogP contribution in [0.15, 0.2) is 31.9 Å². The summed E-state index contributed by atoms with van der Waals surface area (Å²) in [6, 6.07) is 5.34. The van der Waals surface area contributed by atoms with Crippen LogP contribution in [0.4, 0.5) is 0 Å². The molecule has 0 unspecified atom stereocenters. The van der Waals surface area contributed by atoms with Crippen molar-refractivity contribution in [3.63, 3.8) is 0 Å². The summed E-state index contributed by atoms with van der Waals surface area (Å²) in [7, 11) is 1.55. The first-order valence-electron chi connectivity index (χ1n) is 8.64. The number of ether oxygens (including phenoxy) is 1. The summed E-state index contributed by atoms with van der Waals surface area (Å²) in [4.78, 5) is 28.4. The second-order valence-corrected chi connectivity index (χ2v) is 6.19. The smallest absolute Gasteiger partial charge is 0.339 e. The highest BCUT2D eigenvalue weighted by Gasteiger charge is 2.14. The Morgan fingerprint density at radius 1 is 1.26 bits per heavy atom. The number of aromatic nitrogens is 2. The van der Waals surface area contributed by atoms with Crippen LogP contribution >= 0.6 is 0 Å². The van der Waals surface area contributed by atoms with Crippen molar-refractivity contribution in [1.29, 1.82) is 0 Å². The lowest BCUT2D eigenvalue weighted by molar-refractivity contribution is -0.121. The molecular weight excluding hydrogens is 350 g/mol. The maximum absolute atomic E-state index is 12.3. The van der Waals surface area contributed by atoms with Crippen LogP contribution in [0, 0.1) is 13.8 Å². The zero-order valence-corrected chi connectivity index (χ0v) is 15.5. The molecule has 8 heteroatoms. The molecule has 0 saturated carbocycles. The Morgan fingerprint density at radius 3 is 2.78 bits per heavy atom. The van der Waals surface area contributed by atoms with Crippen LogP contribution in [-0.2, 0) is 17.6 Å². The van der Waals surface area contributed by atoms with Crippen LogP contribution in [0.5, 0.6) is 5.75 Å². The van der Waals surface area contributed by atoms with Gasteiger partial charge in [-0.15, -0.1) is 0 Å². The molecule has 0 saturated heterocycles. The number of methoxy groups -OCH3 is 1. The number of nitrogens with one attached hydrogen (secondary N) is 1. The molecule has 2 aromatic heterocycles. The first-order valence-corrected chi connectivity index (χ1v) is 8.64. The number of hydrogen-bond donors (Lipinski definition) is 1. The highest BCUT2D eigenvalue weighted by atomic mass is 16.5. The summed E-state index contributed by atoms with van der Waals surface area (Å²) in [5.41, 5.74) is 1.37. The maximum Gasteiger partial charge on any atom is 0.339 e. The number of hydrogen-bond acceptors (Lipinski definition) is 7. The lowest BCUT2D eigenvalue weighted by Gasteiger charge is -2.09. The first-order chi connectivity index (χ1) is 13.0. The molecule has 0 aliphatic rings. The first kappa shape index (κ1) is 18.6. The molecule has 0 atom stereocenters. The molecule has 0 radical (unpaired) electrons. The molecule has 142 valence electrons. The Kier molecular flexibility index (Phi) is 5.54. The van der Waals surface area contributed by atoms with E-state index < -0.39 is 5.63 Å². The van der Waals surface area contributed by atoms with Crippen LogP contribution in [0.3, 0.4) is 0 Å². The molecule has 2 heterocycles. The molecule has 1 N–H and O–H groups in total. The second-order valence-electron chi connectivity index (χ2n) is 6.19. The van der Waals surface area contributed by atoms with Crippen molar-refractivity contribution < 1.29 is 18.5 Å². The van der Waals surface area contributed by atoms with E-state index in [0.717, 1.165) is 10.9 Å². The standard InChI is InChI=1S/C19H21N3O5/c1-11-14-5-4-13(25-3)10-16(14)26-19(24)15(11)6-7-17(23)20-9-8-18-21-12(2)22-27-18/h4-5,10H,6-9H2,1-3H3,(H,20,23). The van der Waals surface area contributed by atoms with E-state index in [1.165, 1.54) is 0 Å². The summed E-state index contributed by atoms with van der Waals surface area (Å²) < 4.78 is 15.5. The molecule has 0 aliphatic carbocycles. The number of nitrogens with zero attached hydrogens (tertiary/aromatic N) is 2. The fourth-order valence-electron chi connectivity index (χ4n) is 2.87. The predicted molar refractivity (Wildman–Crippen MR) is 97.8 cm³/mol. The molecule has 0 spiro atoms. The summed E-state index contributed by atoms with van der Waals surface area (Å²) in [6.45, 7) is 3.99.